The molecule has 8 nitrogen and oxygen atoms in total. The van der Waals surface area contributed by atoms with Gasteiger partial charge in [-0.1, -0.05) is 24.3 Å². The monoisotopic (exact) mass is 481 g/mol. The highest BCUT2D eigenvalue weighted by Gasteiger charge is 2.26. The quantitative estimate of drug-likeness (QED) is 0.435. The van der Waals surface area contributed by atoms with Crippen molar-refractivity contribution in [2.45, 2.75) is 51.5 Å². The molecule has 35 heavy (non-hydrogen) atoms. The zero-order valence-corrected chi connectivity index (χ0v) is 20.3. The highest BCUT2D eigenvalue weighted by Crippen LogP contribution is 2.34. The van der Waals surface area contributed by atoms with Gasteiger partial charge in [-0.2, -0.15) is 0 Å². The van der Waals surface area contributed by atoms with Gasteiger partial charge in [0.1, 0.15) is 0 Å². The van der Waals surface area contributed by atoms with Gasteiger partial charge in [-0.25, -0.2) is 9.59 Å². The molecule has 3 N–H and O–H groups in total. The number of carboxylic acid groups (broad SMARTS) is 1. The first kappa shape index (κ1) is 26.2. The van der Waals surface area contributed by atoms with Gasteiger partial charge in [0.2, 0.25) is 0 Å². The summed E-state index contributed by atoms with van der Waals surface area (Å²) < 4.78 is 5.01. The van der Waals surface area contributed by atoms with Crippen LogP contribution in [-0.2, 0) is 16.0 Å². The number of urea groups is 1. The van der Waals surface area contributed by atoms with Crippen molar-refractivity contribution >= 4 is 23.7 Å². The minimum Gasteiger partial charge on any atom is -0.481 e. The van der Waals surface area contributed by atoms with E-state index < -0.39 is 18.0 Å². The van der Waals surface area contributed by atoms with Crippen molar-refractivity contribution in [3.63, 3.8) is 0 Å². The van der Waals surface area contributed by atoms with Crippen LogP contribution < -0.4 is 10.6 Å². The van der Waals surface area contributed by atoms with Crippen molar-refractivity contribution in [2.24, 2.45) is 5.73 Å². The second-order valence-corrected chi connectivity index (χ2v) is 8.75. The van der Waals surface area contributed by atoms with Gasteiger partial charge in [0, 0.05) is 31.2 Å². The number of fused-ring (bicyclic) bond motifs is 1. The Hall–Kier alpha value is -3.39. The third-order valence-electron chi connectivity index (χ3n) is 6.40. The van der Waals surface area contributed by atoms with E-state index in [1.807, 2.05) is 0 Å². The van der Waals surface area contributed by atoms with Crippen molar-refractivity contribution < 1.29 is 24.2 Å². The van der Waals surface area contributed by atoms with Crippen LogP contribution in [0.4, 0.5) is 10.5 Å². The number of hydrogen-bond donors (Lipinski definition) is 2. The lowest BCUT2D eigenvalue weighted by molar-refractivity contribution is -0.137. The maximum absolute atomic E-state index is 12.2. The summed E-state index contributed by atoms with van der Waals surface area (Å²) in [4.78, 5) is 39.0. The fourth-order valence-corrected chi connectivity index (χ4v) is 4.75. The maximum Gasteiger partial charge on any atom is 0.338 e. The van der Waals surface area contributed by atoms with Gasteiger partial charge < -0.3 is 15.6 Å². The van der Waals surface area contributed by atoms with Crippen LogP contribution in [0.15, 0.2) is 48.5 Å². The number of carboxylic acids is 1. The van der Waals surface area contributed by atoms with Crippen LogP contribution in [0.1, 0.15) is 66.6 Å². The van der Waals surface area contributed by atoms with Crippen molar-refractivity contribution in [1.82, 2.24) is 4.90 Å². The third-order valence-corrected chi connectivity index (χ3v) is 6.40. The molecule has 0 aromatic heterocycles. The molecule has 0 saturated heterocycles. The van der Waals surface area contributed by atoms with Crippen molar-refractivity contribution in [2.75, 3.05) is 31.1 Å². The number of ether oxygens (including phenoxy) is 1. The molecule has 188 valence electrons. The highest BCUT2D eigenvalue weighted by molar-refractivity contribution is 5.93. The van der Waals surface area contributed by atoms with Crippen LogP contribution in [0.3, 0.4) is 0 Å². The molecule has 1 aliphatic rings. The predicted molar refractivity (Wildman–Crippen MR) is 135 cm³/mol. The van der Waals surface area contributed by atoms with Crippen LogP contribution in [0.5, 0.6) is 0 Å². The molecule has 8 heteroatoms. The number of esters is 1. The van der Waals surface area contributed by atoms with Gasteiger partial charge in [-0.05, 0) is 81.0 Å². The maximum atomic E-state index is 12.2. The molecule has 1 unspecified atom stereocenters. The van der Waals surface area contributed by atoms with Crippen molar-refractivity contribution in [3.05, 3.63) is 65.2 Å². The summed E-state index contributed by atoms with van der Waals surface area (Å²) in [6.07, 6.45) is 4.56. The van der Waals surface area contributed by atoms with Crippen LogP contribution >= 0.6 is 0 Å². The summed E-state index contributed by atoms with van der Waals surface area (Å²) >= 11 is 0. The van der Waals surface area contributed by atoms with E-state index in [2.05, 4.69) is 29.2 Å². The number of anilines is 1. The molecule has 0 spiro atoms. The first-order valence-electron chi connectivity index (χ1n) is 12.3. The van der Waals surface area contributed by atoms with Gasteiger partial charge in [-0.15, -0.1) is 0 Å². The Kier molecular flexibility index (Phi) is 9.66. The molecule has 0 fully saturated rings. The van der Waals surface area contributed by atoms with E-state index >= 15 is 0 Å². The second kappa shape index (κ2) is 12.9. The van der Waals surface area contributed by atoms with Gasteiger partial charge in [0.05, 0.1) is 12.2 Å². The lowest BCUT2D eigenvalue weighted by atomic mass is 9.86. The van der Waals surface area contributed by atoms with Crippen LogP contribution in [-0.4, -0.2) is 54.2 Å². The molecule has 2 amide bonds. The van der Waals surface area contributed by atoms with Crippen LogP contribution in [0, 0.1) is 0 Å². The zero-order valence-electron chi connectivity index (χ0n) is 20.3. The molecule has 2 aromatic rings. The molecule has 0 bridgehead atoms. The number of primary amides is 1. The normalized spacial score (nSPS) is 14.9. The molecular formula is C27H35N3O5. The molecule has 0 saturated carbocycles. The fourth-order valence-electron chi connectivity index (χ4n) is 4.75. The minimum absolute atomic E-state index is 0.130. The summed E-state index contributed by atoms with van der Waals surface area (Å²) in [5.41, 5.74) is 9.37. The molecule has 0 aliphatic heterocycles. The number of nitrogens with zero attached hydrogens (tertiary/aromatic N) is 2. The molecular weight excluding hydrogens is 446 g/mol. The SMILES string of the molecule is CCOC(=O)c1ccc(N(CCCN(CCCC(=O)O)C2CCCc3ccccc32)C(N)=O)cc1. The number of aryl methyl sites for hydroxylation is 1. The van der Waals surface area contributed by atoms with Crippen LogP contribution in [0.2, 0.25) is 0 Å². The zero-order chi connectivity index (χ0) is 25.2. The summed E-state index contributed by atoms with van der Waals surface area (Å²) in [6.45, 7) is 3.84. The van der Waals surface area contributed by atoms with Gasteiger partial charge in [0.15, 0.2) is 0 Å². The van der Waals surface area contributed by atoms with E-state index in [0.717, 1.165) is 19.3 Å². The number of amides is 2. The Bertz CT molecular complexity index is 1010. The third kappa shape index (κ3) is 7.29. The molecule has 0 heterocycles. The number of nitrogens with two attached hydrogens (primary N) is 1. The second-order valence-electron chi connectivity index (χ2n) is 8.75. The van der Waals surface area contributed by atoms with E-state index in [-0.39, 0.29) is 12.5 Å². The number of hydrogen-bond acceptors (Lipinski definition) is 5. The number of carbonyl (C=O) groups is 3. The summed E-state index contributed by atoms with van der Waals surface area (Å²) in [6, 6.07) is 14.8. The molecule has 2 aromatic carbocycles. The predicted octanol–water partition coefficient (Wildman–Crippen LogP) is 4.38. The van der Waals surface area contributed by atoms with Crippen molar-refractivity contribution in [1.29, 1.82) is 0 Å². The number of aliphatic carboxylic acids is 1. The van der Waals surface area contributed by atoms with E-state index in [0.29, 0.717) is 50.3 Å². The van der Waals surface area contributed by atoms with Gasteiger partial charge in [-0.3, -0.25) is 14.6 Å². The lowest BCUT2D eigenvalue weighted by Crippen LogP contribution is -2.39. The molecule has 3 rings (SSSR count). The summed E-state index contributed by atoms with van der Waals surface area (Å²) in [5, 5.41) is 9.11. The number of carbonyl (C=O) groups excluding carboxylic acids is 2. The Morgan fingerprint density at radius 2 is 1.74 bits per heavy atom. The fraction of sp³-hybridized carbons (Fsp3) is 0.444. The van der Waals surface area contributed by atoms with Gasteiger partial charge in [0.25, 0.3) is 0 Å². The van der Waals surface area contributed by atoms with E-state index in [9.17, 15) is 14.4 Å². The largest absolute Gasteiger partial charge is 0.481 e. The van der Waals surface area contributed by atoms with Crippen molar-refractivity contribution in [3.8, 4) is 0 Å². The first-order chi connectivity index (χ1) is 16.9. The van der Waals surface area contributed by atoms with E-state index in [1.54, 1.807) is 31.2 Å². The molecule has 1 atom stereocenters. The lowest BCUT2D eigenvalue weighted by Gasteiger charge is -2.36. The van der Waals surface area contributed by atoms with Gasteiger partial charge >= 0.3 is 18.0 Å². The number of benzene rings is 2. The number of rotatable bonds is 12. The molecule has 1 aliphatic carbocycles. The van der Waals surface area contributed by atoms with E-state index in [4.69, 9.17) is 15.6 Å². The Labute approximate surface area is 206 Å². The standard InChI is InChI=1S/C27H35N3O5/c1-2-35-26(33)21-13-15-22(16-14-21)30(27(28)34)19-7-18-29(17-6-12-25(31)32)24-11-5-9-20-8-3-4-10-23(20)24/h3-4,8,10,13-16,24H,2,5-7,9,11-12,17-19H2,1H3,(H2,28,34)(H,31,32). The molecule has 0 radical (unpaired) electrons. The first-order valence-corrected chi connectivity index (χ1v) is 12.3. The Morgan fingerprint density at radius 1 is 1.03 bits per heavy atom. The average Bonchev–Trinajstić information content (AvgIpc) is 2.85. The van der Waals surface area contributed by atoms with Crippen LogP contribution in [0.25, 0.3) is 0 Å². The van der Waals surface area contributed by atoms with E-state index in [1.165, 1.54) is 16.0 Å². The Balaban J connectivity index is 1.68. The Morgan fingerprint density at radius 3 is 2.43 bits per heavy atom. The highest BCUT2D eigenvalue weighted by atomic mass is 16.5. The summed E-state index contributed by atoms with van der Waals surface area (Å²) in [5.74, 6) is -1.20. The minimum atomic E-state index is -0.792. The smallest absolute Gasteiger partial charge is 0.338 e. The average molecular weight is 482 g/mol. The summed E-state index contributed by atoms with van der Waals surface area (Å²) in [7, 11) is 0. The topological polar surface area (TPSA) is 113 Å².